The third-order valence-electron chi connectivity index (χ3n) is 3.16. The van der Waals surface area contributed by atoms with Crippen LogP contribution in [0, 0.1) is 0 Å². The summed E-state index contributed by atoms with van der Waals surface area (Å²) in [6, 6.07) is 0. The van der Waals surface area contributed by atoms with Crippen LogP contribution in [0.5, 0.6) is 0 Å². The number of hydrogen-bond acceptors (Lipinski definition) is 2. The minimum atomic E-state index is -5.86. The summed E-state index contributed by atoms with van der Waals surface area (Å²) < 4.78 is 105. The van der Waals surface area contributed by atoms with Gasteiger partial charge in [-0.3, -0.25) is 0 Å². The van der Waals surface area contributed by atoms with Gasteiger partial charge in [0, 0.05) is 0 Å². The van der Waals surface area contributed by atoms with Crippen molar-refractivity contribution in [1.29, 1.82) is 0 Å². The summed E-state index contributed by atoms with van der Waals surface area (Å²) in [6.45, 7) is -3.08. The Hall–Kier alpha value is -0.640. The summed E-state index contributed by atoms with van der Waals surface area (Å²) >= 11 is 0. The fraction of sp³-hybridized carbons (Fsp3) is 1.00. The molecule has 18 heavy (non-hydrogen) atoms. The van der Waals surface area contributed by atoms with Gasteiger partial charge in [-0.05, 0) is 6.92 Å². The quantitative estimate of drug-likeness (QED) is 0.759. The van der Waals surface area contributed by atoms with Gasteiger partial charge >= 0.3 is 17.6 Å². The molecular weight excluding hydrogens is 280 g/mol. The Labute approximate surface area is 95.2 Å². The van der Waals surface area contributed by atoms with Crippen molar-refractivity contribution >= 4 is 0 Å². The molecule has 0 heterocycles. The maximum Gasteiger partial charge on any atom is 0.329 e. The number of halogens is 8. The lowest BCUT2D eigenvalue weighted by molar-refractivity contribution is -0.337. The van der Waals surface area contributed by atoms with Crippen LogP contribution in [-0.2, 0) is 0 Å². The van der Waals surface area contributed by atoms with E-state index >= 15 is 0 Å². The van der Waals surface area contributed by atoms with E-state index in [0.29, 0.717) is 0 Å². The van der Waals surface area contributed by atoms with Gasteiger partial charge in [0.2, 0.25) is 5.67 Å². The Balaban J connectivity index is 3.63. The van der Waals surface area contributed by atoms with Crippen LogP contribution in [0.25, 0.3) is 0 Å². The SMILES string of the molecule is CC1(F)C(O)(F)C(O)(F)C(F)(C(F)CF)C1(F)F. The Kier molecular flexibility index (Phi) is 2.97. The number of alkyl halides is 8. The first-order valence-electron chi connectivity index (χ1n) is 4.51. The van der Waals surface area contributed by atoms with Gasteiger partial charge < -0.3 is 10.2 Å². The molecule has 1 aliphatic rings. The maximum absolute atomic E-state index is 13.6. The second-order valence-corrected chi connectivity index (χ2v) is 4.16. The van der Waals surface area contributed by atoms with Crippen molar-refractivity contribution in [2.75, 3.05) is 6.67 Å². The highest BCUT2D eigenvalue weighted by atomic mass is 19.3. The largest absolute Gasteiger partial charge is 0.355 e. The first-order chi connectivity index (χ1) is 7.73. The monoisotopic (exact) mass is 288 g/mol. The van der Waals surface area contributed by atoms with Crippen molar-refractivity contribution in [1.82, 2.24) is 0 Å². The van der Waals surface area contributed by atoms with Crippen molar-refractivity contribution in [2.45, 2.75) is 42.1 Å². The second-order valence-electron chi connectivity index (χ2n) is 4.16. The van der Waals surface area contributed by atoms with Crippen molar-refractivity contribution in [3.63, 3.8) is 0 Å². The summed E-state index contributed by atoms with van der Waals surface area (Å²) in [6.07, 6.45) is -4.10. The number of hydrogen-bond donors (Lipinski definition) is 2. The highest BCUT2D eigenvalue weighted by Crippen LogP contribution is 2.66. The van der Waals surface area contributed by atoms with Crippen molar-refractivity contribution in [3.05, 3.63) is 0 Å². The van der Waals surface area contributed by atoms with Gasteiger partial charge in [-0.25, -0.2) is 26.3 Å². The fourth-order valence-electron chi connectivity index (χ4n) is 1.82. The average Bonchev–Trinajstić information content (AvgIpc) is 2.28. The molecule has 5 unspecified atom stereocenters. The highest BCUT2D eigenvalue weighted by Gasteiger charge is 2.97. The molecule has 0 saturated heterocycles. The normalized spacial score (nSPS) is 53.5. The van der Waals surface area contributed by atoms with Gasteiger partial charge in [-0.15, -0.1) is 0 Å². The van der Waals surface area contributed by atoms with E-state index < -0.39 is 48.7 Å². The van der Waals surface area contributed by atoms with Gasteiger partial charge in [-0.1, -0.05) is 0 Å². The first kappa shape index (κ1) is 15.4. The van der Waals surface area contributed by atoms with Gasteiger partial charge in [0.05, 0.1) is 0 Å². The average molecular weight is 288 g/mol. The van der Waals surface area contributed by atoms with Crippen molar-refractivity contribution in [2.24, 2.45) is 0 Å². The zero-order valence-corrected chi connectivity index (χ0v) is 8.70. The summed E-state index contributed by atoms with van der Waals surface area (Å²) in [5.74, 6) is -17.0. The smallest absolute Gasteiger partial charge is 0.329 e. The van der Waals surface area contributed by atoms with Gasteiger partial charge in [-0.2, -0.15) is 8.78 Å². The Morgan fingerprint density at radius 1 is 0.944 bits per heavy atom. The molecule has 2 N–H and O–H groups in total. The Bertz CT molecular complexity index is 327. The lowest BCUT2D eigenvalue weighted by Gasteiger charge is -2.34. The standard InChI is InChI=1S/C8H8F8O2/c1-4(11)6(13,14)5(12,3(10)2-9)8(16,18)7(4,15)17/h3,17-18H,2H2,1H3. The lowest BCUT2D eigenvalue weighted by Crippen LogP contribution is -2.63. The second kappa shape index (κ2) is 3.47. The maximum atomic E-state index is 13.6. The van der Waals surface area contributed by atoms with Crippen molar-refractivity contribution in [3.8, 4) is 0 Å². The van der Waals surface area contributed by atoms with E-state index in [4.69, 9.17) is 10.2 Å². The third-order valence-corrected chi connectivity index (χ3v) is 3.16. The molecule has 0 aromatic heterocycles. The molecule has 1 fully saturated rings. The molecule has 0 bridgehead atoms. The highest BCUT2D eigenvalue weighted by molar-refractivity contribution is 5.30. The van der Waals surface area contributed by atoms with E-state index in [1.807, 2.05) is 0 Å². The first-order valence-corrected chi connectivity index (χ1v) is 4.51. The molecule has 5 atom stereocenters. The van der Waals surface area contributed by atoms with E-state index in [0.717, 1.165) is 0 Å². The van der Waals surface area contributed by atoms with E-state index in [-0.39, 0.29) is 0 Å². The topological polar surface area (TPSA) is 40.5 Å². The summed E-state index contributed by atoms with van der Waals surface area (Å²) in [7, 11) is 0. The predicted molar refractivity (Wildman–Crippen MR) is 41.3 cm³/mol. The van der Waals surface area contributed by atoms with Gasteiger partial charge in [0.15, 0.2) is 6.17 Å². The van der Waals surface area contributed by atoms with E-state index in [1.165, 1.54) is 0 Å². The summed E-state index contributed by atoms with van der Waals surface area (Å²) in [5.41, 5.74) is -10.6. The zero-order chi connectivity index (χ0) is 14.8. The zero-order valence-electron chi connectivity index (χ0n) is 8.70. The van der Waals surface area contributed by atoms with Crippen LogP contribution in [-0.4, -0.2) is 52.0 Å². The molecule has 0 aliphatic heterocycles. The number of rotatable bonds is 2. The minimum Gasteiger partial charge on any atom is -0.355 e. The molecule has 108 valence electrons. The van der Waals surface area contributed by atoms with Gasteiger partial charge in [0.25, 0.3) is 5.67 Å². The molecule has 0 spiro atoms. The summed E-state index contributed by atoms with van der Waals surface area (Å²) in [4.78, 5) is 0. The minimum absolute atomic E-state index is 0.482. The van der Waals surface area contributed by atoms with Crippen LogP contribution in [0.1, 0.15) is 6.92 Å². The van der Waals surface area contributed by atoms with E-state index in [9.17, 15) is 35.1 Å². The molecule has 0 radical (unpaired) electrons. The van der Waals surface area contributed by atoms with Crippen LogP contribution >= 0.6 is 0 Å². The van der Waals surface area contributed by atoms with Gasteiger partial charge in [0.1, 0.15) is 6.67 Å². The lowest BCUT2D eigenvalue weighted by atomic mass is 9.89. The molecule has 10 heteroatoms. The van der Waals surface area contributed by atoms with Crippen LogP contribution in [0.4, 0.5) is 35.1 Å². The molecule has 0 aromatic rings. The van der Waals surface area contributed by atoms with Crippen LogP contribution in [0.15, 0.2) is 0 Å². The van der Waals surface area contributed by atoms with E-state index in [2.05, 4.69) is 0 Å². The van der Waals surface area contributed by atoms with Crippen LogP contribution in [0.2, 0.25) is 0 Å². The van der Waals surface area contributed by atoms with Crippen molar-refractivity contribution < 1.29 is 45.3 Å². The number of aliphatic hydroxyl groups is 2. The molecule has 1 rings (SSSR count). The molecule has 1 saturated carbocycles. The molecule has 0 amide bonds. The molecule has 2 nitrogen and oxygen atoms in total. The predicted octanol–water partition coefficient (Wildman–Crippen LogP) is 1.70. The summed E-state index contributed by atoms with van der Waals surface area (Å²) in [5, 5.41) is 17.2. The van der Waals surface area contributed by atoms with Crippen LogP contribution in [0.3, 0.4) is 0 Å². The van der Waals surface area contributed by atoms with E-state index in [1.54, 1.807) is 0 Å². The third kappa shape index (κ3) is 1.16. The Morgan fingerprint density at radius 2 is 1.33 bits per heavy atom. The Morgan fingerprint density at radius 3 is 1.56 bits per heavy atom. The van der Waals surface area contributed by atoms with Crippen LogP contribution < -0.4 is 0 Å². The molecule has 1 aliphatic carbocycles. The fourth-order valence-corrected chi connectivity index (χ4v) is 1.82. The molecular formula is C8H8F8O2. The molecule has 0 aromatic carbocycles.